The number of sulfonamides is 1. The largest absolute Gasteiger partial charge is 0.493 e. The van der Waals surface area contributed by atoms with Crippen molar-refractivity contribution >= 4 is 39.4 Å². The Hall–Kier alpha value is -3.56. The zero-order chi connectivity index (χ0) is 25.4. The Morgan fingerprint density at radius 3 is 2.51 bits per heavy atom. The van der Waals surface area contributed by atoms with Gasteiger partial charge in [-0.2, -0.15) is 5.10 Å². The molecule has 1 N–H and O–H groups in total. The van der Waals surface area contributed by atoms with Gasteiger partial charge >= 0.3 is 0 Å². The van der Waals surface area contributed by atoms with Gasteiger partial charge in [-0.05, 0) is 53.9 Å². The number of ether oxygens (including phenoxy) is 2. The molecule has 3 aromatic carbocycles. The van der Waals surface area contributed by atoms with Crippen LogP contribution in [0.1, 0.15) is 16.7 Å². The molecule has 1 amide bonds. The van der Waals surface area contributed by atoms with E-state index in [1.165, 1.54) is 13.3 Å². The number of hydrogen-bond donors (Lipinski definition) is 1. The summed E-state index contributed by atoms with van der Waals surface area (Å²) < 4.78 is 36.8. The van der Waals surface area contributed by atoms with Crippen LogP contribution in [0.25, 0.3) is 0 Å². The molecule has 3 rings (SSSR count). The van der Waals surface area contributed by atoms with Crippen molar-refractivity contribution in [1.29, 1.82) is 0 Å². The number of nitrogens with zero attached hydrogens (tertiary/aromatic N) is 2. The molecule has 0 saturated carbocycles. The van der Waals surface area contributed by atoms with E-state index in [-0.39, 0.29) is 0 Å². The van der Waals surface area contributed by atoms with E-state index < -0.39 is 22.5 Å². The fourth-order valence-corrected chi connectivity index (χ4v) is 4.29. The summed E-state index contributed by atoms with van der Waals surface area (Å²) in [5.74, 6) is 0.468. The smallest absolute Gasteiger partial charge is 0.260 e. The summed E-state index contributed by atoms with van der Waals surface area (Å²) in [4.78, 5) is 12.4. The highest BCUT2D eigenvalue weighted by atomic mass is 35.5. The first-order valence-corrected chi connectivity index (χ1v) is 12.8. The van der Waals surface area contributed by atoms with Gasteiger partial charge in [-0.1, -0.05) is 48.0 Å². The van der Waals surface area contributed by atoms with Crippen molar-refractivity contribution in [3.8, 4) is 11.5 Å². The van der Waals surface area contributed by atoms with E-state index in [0.29, 0.717) is 39.9 Å². The van der Waals surface area contributed by atoms with Gasteiger partial charge in [0.15, 0.2) is 11.5 Å². The third kappa shape index (κ3) is 7.21. The molecule has 0 aromatic heterocycles. The first kappa shape index (κ1) is 26.1. The van der Waals surface area contributed by atoms with Crippen LogP contribution in [0.3, 0.4) is 0 Å². The van der Waals surface area contributed by atoms with E-state index in [1.807, 2.05) is 30.3 Å². The number of hydrazone groups is 1. The lowest BCUT2D eigenvalue weighted by Crippen LogP contribution is -2.39. The molecule has 0 unspecified atom stereocenters. The fourth-order valence-electron chi connectivity index (χ4n) is 3.21. The minimum atomic E-state index is -3.74. The zero-order valence-corrected chi connectivity index (χ0v) is 21.1. The van der Waals surface area contributed by atoms with Gasteiger partial charge in [0, 0.05) is 5.02 Å². The molecule has 0 aliphatic carbocycles. The fraction of sp³-hybridized carbons (Fsp3) is 0.200. The van der Waals surface area contributed by atoms with Crippen LogP contribution in [0, 0.1) is 6.92 Å². The summed E-state index contributed by atoms with van der Waals surface area (Å²) in [5, 5.41) is 4.34. The highest BCUT2D eigenvalue weighted by molar-refractivity contribution is 7.92. The van der Waals surface area contributed by atoms with Crippen LogP contribution in [0.2, 0.25) is 5.02 Å². The first-order valence-electron chi connectivity index (χ1n) is 10.6. The number of nitrogens with one attached hydrogen (secondary N) is 1. The second-order valence-electron chi connectivity index (χ2n) is 7.63. The van der Waals surface area contributed by atoms with E-state index in [2.05, 4.69) is 10.5 Å². The van der Waals surface area contributed by atoms with Gasteiger partial charge in [0.2, 0.25) is 10.0 Å². The van der Waals surface area contributed by atoms with Crippen LogP contribution < -0.4 is 19.2 Å². The topological polar surface area (TPSA) is 97.3 Å². The first-order chi connectivity index (χ1) is 16.7. The summed E-state index contributed by atoms with van der Waals surface area (Å²) in [7, 11) is -2.20. The van der Waals surface area contributed by atoms with Gasteiger partial charge in [0.1, 0.15) is 13.2 Å². The molecule has 0 spiro atoms. The van der Waals surface area contributed by atoms with Crippen molar-refractivity contribution < 1.29 is 22.7 Å². The Bertz CT molecular complexity index is 1310. The molecule has 0 saturated heterocycles. The standard InChI is InChI=1S/C25H26ClN3O5S/c1-18-21(26)10-7-11-22(18)29(35(3,31)32)16-25(30)28-27-15-20-12-13-23(24(14-20)33-2)34-17-19-8-5-4-6-9-19/h4-15H,16-17H2,1-3H3,(H,28,30)/b27-15-. The number of anilines is 1. The van der Waals surface area contributed by atoms with Crippen LogP contribution in [0.4, 0.5) is 5.69 Å². The average Bonchev–Trinajstić information content (AvgIpc) is 2.83. The summed E-state index contributed by atoms with van der Waals surface area (Å²) in [5.41, 5.74) is 4.92. The Morgan fingerprint density at radius 1 is 1.09 bits per heavy atom. The van der Waals surface area contributed by atoms with Gasteiger partial charge in [-0.15, -0.1) is 0 Å². The van der Waals surface area contributed by atoms with Crippen LogP contribution >= 0.6 is 11.6 Å². The predicted octanol–water partition coefficient (Wildman–Crippen LogP) is 4.15. The molecule has 0 radical (unpaired) electrons. The Morgan fingerprint density at radius 2 is 1.83 bits per heavy atom. The van der Waals surface area contributed by atoms with Crippen molar-refractivity contribution in [3.63, 3.8) is 0 Å². The van der Waals surface area contributed by atoms with Gasteiger partial charge in [0.05, 0.1) is 25.3 Å². The lowest BCUT2D eigenvalue weighted by molar-refractivity contribution is -0.119. The molecule has 0 heterocycles. The SMILES string of the molecule is COc1cc(/C=N\NC(=O)CN(c2cccc(Cl)c2C)S(C)(=O)=O)ccc1OCc1ccccc1. The third-order valence-electron chi connectivity index (χ3n) is 5.02. The number of carbonyl (C=O) groups excluding carboxylic acids is 1. The third-order valence-corrected chi connectivity index (χ3v) is 6.56. The number of benzene rings is 3. The molecule has 8 nitrogen and oxygen atoms in total. The van der Waals surface area contributed by atoms with Crippen molar-refractivity contribution in [1.82, 2.24) is 5.43 Å². The maximum absolute atomic E-state index is 12.4. The molecule has 3 aromatic rings. The molecule has 0 bridgehead atoms. The maximum Gasteiger partial charge on any atom is 0.260 e. The van der Waals surface area contributed by atoms with Crippen molar-refractivity contribution in [2.45, 2.75) is 13.5 Å². The quantitative estimate of drug-likeness (QED) is 0.323. The molecule has 35 heavy (non-hydrogen) atoms. The normalized spacial score (nSPS) is 11.3. The summed E-state index contributed by atoms with van der Waals surface area (Å²) in [6.07, 6.45) is 2.45. The van der Waals surface area contributed by atoms with Crippen LogP contribution in [-0.4, -0.2) is 40.4 Å². The average molecular weight is 516 g/mol. The summed E-state index contributed by atoms with van der Waals surface area (Å²) in [6.45, 7) is 1.63. The molecular weight excluding hydrogens is 490 g/mol. The van der Waals surface area contributed by atoms with Crippen LogP contribution in [0.15, 0.2) is 71.8 Å². The van der Waals surface area contributed by atoms with Gasteiger partial charge in [0.25, 0.3) is 5.91 Å². The van der Waals surface area contributed by atoms with Crippen molar-refractivity contribution in [2.75, 3.05) is 24.2 Å². The van der Waals surface area contributed by atoms with E-state index in [0.717, 1.165) is 16.1 Å². The number of hydrogen-bond acceptors (Lipinski definition) is 6. The summed E-state index contributed by atoms with van der Waals surface area (Å²) in [6, 6.07) is 19.8. The number of carbonyl (C=O) groups is 1. The second kappa shape index (κ2) is 11.7. The predicted molar refractivity (Wildman–Crippen MR) is 138 cm³/mol. The van der Waals surface area contributed by atoms with E-state index >= 15 is 0 Å². The van der Waals surface area contributed by atoms with Crippen molar-refractivity contribution in [3.05, 3.63) is 88.4 Å². The molecular formula is C25H26ClN3O5S. The zero-order valence-electron chi connectivity index (χ0n) is 19.6. The van der Waals surface area contributed by atoms with Gasteiger partial charge in [-0.3, -0.25) is 9.10 Å². The Labute approximate surface area is 210 Å². The minimum absolute atomic E-state index is 0.329. The van der Waals surface area contributed by atoms with Crippen molar-refractivity contribution in [2.24, 2.45) is 5.10 Å². The minimum Gasteiger partial charge on any atom is -0.493 e. The molecule has 10 heteroatoms. The Balaban J connectivity index is 1.65. The molecule has 0 aliphatic heterocycles. The number of rotatable bonds is 10. The highest BCUT2D eigenvalue weighted by Gasteiger charge is 2.23. The number of methoxy groups -OCH3 is 1. The monoisotopic (exact) mass is 515 g/mol. The number of amides is 1. The van der Waals surface area contributed by atoms with Crippen LogP contribution in [-0.2, 0) is 21.4 Å². The molecule has 0 atom stereocenters. The molecule has 184 valence electrons. The molecule has 0 fully saturated rings. The summed E-state index contributed by atoms with van der Waals surface area (Å²) >= 11 is 6.12. The second-order valence-corrected chi connectivity index (χ2v) is 9.95. The number of halogens is 1. The van der Waals surface area contributed by atoms with Gasteiger partial charge in [-0.25, -0.2) is 13.8 Å². The maximum atomic E-state index is 12.4. The van der Waals surface area contributed by atoms with Crippen LogP contribution in [0.5, 0.6) is 11.5 Å². The Kier molecular flexibility index (Phi) is 8.73. The van der Waals surface area contributed by atoms with E-state index in [9.17, 15) is 13.2 Å². The van der Waals surface area contributed by atoms with Gasteiger partial charge < -0.3 is 9.47 Å². The highest BCUT2D eigenvalue weighted by Crippen LogP contribution is 2.29. The van der Waals surface area contributed by atoms with E-state index in [1.54, 1.807) is 43.3 Å². The van der Waals surface area contributed by atoms with E-state index in [4.69, 9.17) is 21.1 Å². The lowest BCUT2D eigenvalue weighted by Gasteiger charge is -2.23. The lowest BCUT2D eigenvalue weighted by atomic mass is 10.2. The molecule has 0 aliphatic rings.